The van der Waals surface area contributed by atoms with E-state index in [1.807, 2.05) is 0 Å². The zero-order valence-corrected chi connectivity index (χ0v) is 18.7. The lowest BCUT2D eigenvalue weighted by molar-refractivity contribution is 0.215. The maximum absolute atomic E-state index is 3.72. The average Bonchev–Trinajstić information content (AvgIpc) is 3.18. The van der Waals surface area contributed by atoms with E-state index in [1.54, 1.807) is 0 Å². The number of nitrogens with one attached hydrogen (secondary N) is 1. The lowest BCUT2D eigenvalue weighted by atomic mass is 9.86. The average molecular weight is 459 g/mol. The summed E-state index contributed by atoms with van der Waals surface area (Å²) in [7, 11) is 0. The van der Waals surface area contributed by atoms with Gasteiger partial charge in [-0.25, -0.2) is 0 Å². The number of nitrogens with zero attached hydrogens (tertiary/aromatic N) is 1. The smallest absolute Gasteiger partial charge is 0.0500 e. The Balaban J connectivity index is 1.33. The van der Waals surface area contributed by atoms with Gasteiger partial charge in [-0.05, 0) is 73.2 Å². The first-order valence-electron chi connectivity index (χ1n) is 10.9. The molecule has 0 aliphatic carbocycles. The molecular weight excluding hydrogens is 432 g/mol. The predicted octanol–water partition coefficient (Wildman–Crippen LogP) is 7.02. The van der Waals surface area contributed by atoms with E-state index in [-0.39, 0.29) is 0 Å². The standard InChI is InChI=1S/C27H27BrN2/c28-23-10-6-7-20(19-23)13-16-30-17-14-21(15-18-30)26-24-11-4-5-12-25(24)29-27(26)22-8-2-1-3-9-22/h1-12,19,21,29H,13-18H2. The number of hydrogen-bond acceptors (Lipinski definition) is 1. The van der Waals surface area contributed by atoms with Crippen LogP contribution in [-0.2, 0) is 6.42 Å². The maximum Gasteiger partial charge on any atom is 0.0500 e. The summed E-state index contributed by atoms with van der Waals surface area (Å²) in [6.45, 7) is 3.49. The van der Waals surface area contributed by atoms with Crippen molar-refractivity contribution in [3.05, 3.63) is 94.5 Å². The third-order valence-corrected chi connectivity index (χ3v) is 6.90. The van der Waals surface area contributed by atoms with E-state index >= 15 is 0 Å². The fourth-order valence-corrected chi connectivity index (χ4v) is 5.29. The molecule has 2 nitrogen and oxygen atoms in total. The number of hydrogen-bond donors (Lipinski definition) is 1. The normalized spacial score (nSPS) is 15.6. The third-order valence-electron chi connectivity index (χ3n) is 6.41. The van der Waals surface area contributed by atoms with Crippen LogP contribution in [0.4, 0.5) is 0 Å². The lowest BCUT2D eigenvalue weighted by Crippen LogP contribution is -2.34. The Bertz CT molecular complexity index is 1120. The van der Waals surface area contributed by atoms with Crippen LogP contribution in [-0.4, -0.2) is 29.5 Å². The van der Waals surface area contributed by atoms with Crippen LogP contribution in [0.1, 0.15) is 29.9 Å². The second-order valence-electron chi connectivity index (χ2n) is 8.32. The monoisotopic (exact) mass is 458 g/mol. The molecule has 1 N–H and O–H groups in total. The molecule has 1 fully saturated rings. The number of H-pyrrole nitrogens is 1. The van der Waals surface area contributed by atoms with Crippen LogP contribution in [0.15, 0.2) is 83.3 Å². The number of likely N-dealkylation sites (tertiary alicyclic amines) is 1. The van der Waals surface area contributed by atoms with Crippen molar-refractivity contribution >= 4 is 26.8 Å². The molecule has 3 aromatic carbocycles. The van der Waals surface area contributed by atoms with Crippen LogP contribution in [0, 0.1) is 0 Å². The van der Waals surface area contributed by atoms with Crippen molar-refractivity contribution < 1.29 is 0 Å². The number of rotatable bonds is 5. The van der Waals surface area contributed by atoms with Crippen LogP contribution in [0.3, 0.4) is 0 Å². The summed E-state index contributed by atoms with van der Waals surface area (Å²) in [5.41, 5.74) is 6.78. The Labute approximate surface area is 187 Å². The van der Waals surface area contributed by atoms with Gasteiger partial charge in [-0.15, -0.1) is 0 Å². The minimum absolute atomic E-state index is 0.610. The van der Waals surface area contributed by atoms with Gasteiger partial charge in [0.2, 0.25) is 0 Å². The molecule has 0 amide bonds. The highest BCUT2D eigenvalue weighted by Crippen LogP contribution is 2.40. The topological polar surface area (TPSA) is 19.0 Å². The van der Waals surface area contributed by atoms with Gasteiger partial charge in [-0.2, -0.15) is 0 Å². The van der Waals surface area contributed by atoms with Crippen LogP contribution in [0.5, 0.6) is 0 Å². The molecule has 30 heavy (non-hydrogen) atoms. The number of aromatic amines is 1. The van der Waals surface area contributed by atoms with Crippen molar-refractivity contribution in [2.75, 3.05) is 19.6 Å². The van der Waals surface area contributed by atoms with Crippen molar-refractivity contribution in [1.29, 1.82) is 0 Å². The number of piperidine rings is 1. The minimum Gasteiger partial charge on any atom is -0.354 e. The van der Waals surface area contributed by atoms with E-state index in [9.17, 15) is 0 Å². The summed E-state index contributed by atoms with van der Waals surface area (Å²) < 4.78 is 1.17. The van der Waals surface area contributed by atoms with E-state index in [4.69, 9.17) is 0 Å². The fraction of sp³-hybridized carbons (Fsp3) is 0.259. The van der Waals surface area contributed by atoms with Gasteiger partial charge < -0.3 is 9.88 Å². The molecule has 0 bridgehead atoms. The molecule has 0 saturated carbocycles. The highest BCUT2D eigenvalue weighted by atomic mass is 79.9. The third kappa shape index (κ3) is 4.10. The first kappa shape index (κ1) is 19.6. The maximum atomic E-state index is 3.72. The molecule has 1 aromatic heterocycles. The summed E-state index contributed by atoms with van der Waals surface area (Å²) >= 11 is 3.59. The van der Waals surface area contributed by atoms with Gasteiger partial charge in [0, 0.05) is 27.6 Å². The Morgan fingerprint density at radius 1 is 0.867 bits per heavy atom. The van der Waals surface area contributed by atoms with Crippen LogP contribution >= 0.6 is 15.9 Å². The second kappa shape index (κ2) is 8.79. The predicted molar refractivity (Wildman–Crippen MR) is 130 cm³/mol. The summed E-state index contributed by atoms with van der Waals surface area (Å²) in [6, 6.07) is 28.3. The molecule has 1 aliphatic rings. The molecule has 0 spiro atoms. The SMILES string of the molecule is Brc1cccc(CCN2CCC(c3c(-c4ccccc4)[nH]c4ccccc34)CC2)c1. The Morgan fingerprint density at radius 2 is 1.63 bits per heavy atom. The summed E-state index contributed by atoms with van der Waals surface area (Å²) in [5, 5.41) is 1.39. The summed E-state index contributed by atoms with van der Waals surface area (Å²) in [4.78, 5) is 6.36. The van der Waals surface area contributed by atoms with Crippen molar-refractivity contribution in [2.45, 2.75) is 25.2 Å². The van der Waals surface area contributed by atoms with E-state index in [0.717, 1.165) is 13.0 Å². The first-order valence-corrected chi connectivity index (χ1v) is 11.7. The van der Waals surface area contributed by atoms with Crippen molar-refractivity contribution in [3.8, 4) is 11.3 Å². The fourth-order valence-electron chi connectivity index (χ4n) is 4.85. The van der Waals surface area contributed by atoms with Crippen LogP contribution < -0.4 is 0 Å². The second-order valence-corrected chi connectivity index (χ2v) is 9.24. The molecule has 5 rings (SSSR count). The first-order chi connectivity index (χ1) is 14.8. The van der Waals surface area contributed by atoms with E-state index < -0.39 is 0 Å². The van der Waals surface area contributed by atoms with Crippen molar-refractivity contribution in [3.63, 3.8) is 0 Å². The summed E-state index contributed by atoms with van der Waals surface area (Å²) in [5.74, 6) is 0.610. The number of para-hydroxylation sites is 1. The van der Waals surface area contributed by atoms with Gasteiger partial charge in [0.05, 0.1) is 0 Å². The molecule has 0 atom stereocenters. The zero-order valence-electron chi connectivity index (χ0n) is 17.2. The van der Waals surface area contributed by atoms with E-state index in [0.29, 0.717) is 5.92 Å². The van der Waals surface area contributed by atoms with Crippen LogP contribution in [0.25, 0.3) is 22.2 Å². The lowest BCUT2D eigenvalue weighted by Gasteiger charge is -2.32. The molecule has 1 saturated heterocycles. The highest BCUT2D eigenvalue weighted by Gasteiger charge is 2.26. The number of benzene rings is 3. The molecule has 0 radical (unpaired) electrons. The van der Waals surface area contributed by atoms with Gasteiger partial charge in [0.15, 0.2) is 0 Å². The van der Waals surface area contributed by atoms with Gasteiger partial charge in [-0.1, -0.05) is 76.6 Å². The van der Waals surface area contributed by atoms with Crippen molar-refractivity contribution in [1.82, 2.24) is 9.88 Å². The number of halogens is 1. The van der Waals surface area contributed by atoms with E-state index in [1.165, 1.54) is 63.7 Å². The molecule has 4 aromatic rings. The van der Waals surface area contributed by atoms with Gasteiger partial charge in [0.25, 0.3) is 0 Å². The Kier molecular flexibility index (Phi) is 5.74. The molecule has 152 valence electrons. The van der Waals surface area contributed by atoms with Gasteiger partial charge >= 0.3 is 0 Å². The molecule has 1 aliphatic heterocycles. The van der Waals surface area contributed by atoms with E-state index in [2.05, 4.69) is 105 Å². The minimum atomic E-state index is 0.610. The highest BCUT2D eigenvalue weighted by molar-refractivity contribution is 9.10. The molecule has 0 unspecified atom stereocenters. The molecule has 2 heterocycles. The summed E-state index contributed by atoms with van der Waals surface area (Å²) in [6.07, 6.45) is 3.56. The quantitative estimate of drug-likeness (QED) is 0.340. The Hall–Kier alpha value is -2.36. The van der Waals surface area contributed by atoms with Gasteiger partial charge in [0.1, 0.15) is 0 Å². The largest absolute Gasteiger partial charge is 0.354 e. The molecule has 3 heteroatoms. The Morgan fingerprint density at radius 3 is 2.43 bits per heavy atom. The number of fused-ring (bicyclic) bond motifs is 1. The zero-order chi connectivity index (χ0) is 20.3. The van der Waals surface area contributed by atoms with Crippen LogP contribution in [0.2, 0.25) is 0 Å². The van der Waals surface area contributed by atoms with Gasteiger partial charge in [-0.3, -0.25) is 0 Å². The molecular formula is C27H27BrN2. The number of aromatic nitrogens is 1. The van der Waals surface area contributed by atoms with Crippen molar-refractivity contribution in [2.24, 2.45) is 0 Å².